The summed E-state index contributed by atoms with van der Waals surface area (Å²) in [6.07, 6.45) is 0.391. The van der Waals surface area contributed by atoms with Crippen LogP contribution in [-0.2, 0) is 14.3 Å². The van der Waals surface area contributed by atoms with Crippen LogP contribution in [0.3, 0.4) is 0 Å². The van der Waals surface area contributed by atoms with Gasteiger partial charge in [0.25, 0.3) is 0 Å². The van der Waals surface area contributed by atoms with Crippen LogP contribution in [0, 0.1) is 11.3 Å². The molecular weight excluding hydrogens is 242 g/mol. The maximum atomic E-state index is 12.3. The van der Waals surface area contributed by atoms with Crippen LogP contribution in [0.4, 0.5) is 0 Å². The number of methoxy groups -OCH3 is 2. The first kappa shape index (κ1) is 18.3. The van der Waals surface area contributed by atoms with Gasteiger partial charge in [0.15, 0.2) is 0 Å². The third-order valence-corrected chi connectivity index (χ3v) is 3.06. The number of carbonyl (C=O) groups excluding carboxylic acids is 1. The second-order valence-electron chi connectivity index (χ2n) is 6.00. The normalized spacial score (nSPS) is 14.8. The summed E-state index contributed by atoms with van der Waals surface area (Å²) in [6, 6.07) is 0.0840. The summed E-state index contributed by atoms with van der Waals surface area (Å²) in [4.78, 5) is 16.9. The molecule has 0 radical (unpaired) electrons. The second-order valence-corrected chi connectivity index (χ2v) is 6.00. The van der Waals surface area contributed by atoms with Crippen LogP contribution in [0.2, 0.25) is 0 Å². The Bertz CT molecular complexity index is 309. The van der Waals surface area contributed by atoms with Crippen LogP contribution in [0.1, 0.15) is 41.0 Å². The van der Waals surface area contributed by atoms with E-state index in [-0.39, 0.29) is 17.7 Å². The van der Waals surface area contributed by atoms with Crippen LogP contribution in [-0.4, -0.2) is 45.0 Å². The molecule has 19 heavy (non-hydrogen) atoms. The minimum Gasteiger partial charge on any atom is -0.384 e. The summed E-state index contributed by atoms with van der Waals surface area (Å²) < 4.78 is 10.2. The van der Waals surface area contributed by atoms with E-state index in [9.17, 15) is 4.79 Å². The van der Waals surface area contributed by atoms with Gasteiger partial charge in [0.1, 0.15) is 5.78 Å². The molecule has 112 valence electrons. The zero-order valence-corrected chi connectivity index (χ0v) is 13.4. The topological polar surface area (TPSA) is 47.9 Å². The molecule has 0 aliphatic rings. The number of nitrogens with zero attached hydrogens (tertiary/aromatic N) is 1. The zero-order valence-electron chi connectivity index (χ0n) is 13.4. The number of hydrogen-bond acceptors (Lipinski definition) is 4. The van der Waals surface area contributed by atoms with Crippen LogP contribution < -0.4 is 0 Å². The average Bonchev–Trinajstić information content (AvgIpc) is 2.27. The third kappa shape index (κ3) is 6.83. The highest BCUT2D eigenvalue weighted by Crippen LogP contribution is 2.20. The van der Waals surface area contributed by atoms with Crippen molar-refractivity contribution >= 4 is 11.5 Å². The van der Waals surface area contributed by atoms with Gasteiger partial charge in [-0.3, -0.25) is 9.79 Å². The number of ketones is 1. The molecule has 0 rings (SSSR count). The van der Waals surface area contributed by atoms with Crippen molar-refractivity contribution in [1.82, 2.24) is 0 Å². The monoisotopic (exact) mass is 271 g/mol. The van der Waals surface area contributed by atoms with Gasteiger partial charge in [0.2, 0.25) is 0 Å². The van der Waals surface area contributed by atoms with Gasteiger partial charge in [-0.25, -0.2) is 0 Å². The fraction of sp³-hybridized carbons (Fsp3) is 0.867. The van der Waals surface area contributed by atoms with Crippen molar-refractivity contribution in [1.29, 1.82) is 0 Å². The highest BCUT2D eigenvalue weighted by atomic mass is 16.5. The van der Waals surface area contributed by atoms with Gasteiger partial charge in [-0.1, -0.05) is 27.7 Å². The predicted octanol–water partition coefficient (Wildman–Crippen LogP) is 2.75. The molecule has 0 aromatic rings. The number of Topliss-reactive ketones (excluding diaryl/α,β-unsaturated/α-hetero) is 1. The summed E-state index contributed by atoms with van der Waals surface area (Å²) in [5.41, 5.74) is 0.480. The van der Waals surface area contributed by atoms with E-state index in [1.54, 1.807) is 14.2 Å². The molecule has 1 unspecified atom stereocenters. The van der Waals surface area contributed by atoms with Crippen LogP contribution >= 0.6 is 0 Å². The molecule has 0 aliphatic carbocycles. The maximum absolute atomic E-state index is 12.3. The number of rotatable bonds is 9. The van der Waals surface area contributed by atoms with E-state index < -0.39 is 5.41 Å². The Morgan fingerprint density at radius 3 is 2.16 bits per heavy atom. The van der Waals surface area contributed by atoms with E-state index in [0.29, 0.717) is 19.6 Å². The summed E-state index contributed by atoms with van der Waals surface area (Å²) in [5, 5.41) is 0. The summed E-state index contributed by atoms with van der Waals surface area (Å²) in [5.74, 6) is 0.438. The van der Waals surface area contributed by atoms with Gasteiger partial charge in [-0.2, -0.15) is 0 Å². The fourth-order valence-electron chi connectivity index (χ4n) is 1.81. The van der Waals surface area contributed by atoms with Crippen molar-refractivity contribution in [2.24, 2.45) is 16.3 Å². The molecule has 0 saturated heterocycles. The molecule has 0 saturated carbocycles. The van der Waals surface area contributed by atoms with Crippen molar-refractivity contribution in [2.75, 3.05) is 27.4 Å². The summed E-state index contributed by atoms with van der Waals surface area (Å²) in [6.45, 7) is 11.0. The largest absolute Gasteiger partial charge is 0.384 e. The molecule has 0 fully saturated rings. The van der Waals surface area contributed by atoms with Crippen molar-refractivity contribution in [3.63, 3.8) is 0 Å². The minimum atomic E-state index is -0.463. The molecule has 4 nitrogen and oxygen atoms in total. The molecule has 0 N–H and O–H groups in total. The van der Waals surface area contributed by atoms with Crippen molar-refractivity contribution in [2.45, 2.75) is 47.1 Å². The molecule has 0 aromatic carbocycles. The van der Waals surface area contributed by atoms with E-state index in [0.717, 1.165) is 5.71 Å². The highest BCUT2D eigenvalue weighted by Gasteiger charge is 2.28. The van der Waals surface area contributed by atoms with Crippen molar-refractivity contribution in [3.05, 3.63) is 0 Å². The van der Waals surface area contributed by atoms with Gasteiger partial charge in [0.05, 0.1) is 19.3 Å². The van der Waals surface area contributed by atoms with Gasteiger partial charge < -0.3 is 9.47 Å². The first-order chi connectivity index (χ1) is 8.74. The Kier molecular flexibility index (Phi) is 8.11. The molecule has 0 spiro atoms. The second kappa shape index (κ2) is 8.43. The van der Waals surface area contributed by atoms with E-state index >= 15 is 0 Å². The van der Waals surface area contributed by atoms with Crippen LogP contribution in [0.15, 0.2) is 4.99 Å². The number of hydrogen-bond donors (Lipinski definition) is 0. The average molecular weight is 271 g/mol. The molecule has 0 bridgehead atoms. The number of aliphatic imine (C=N–C) groups is 1. The Morgan fingerprint density at radius 1 is 1.16 bits per heavy atom. The smallest absolute Gasteiger partial charge is 0.146 e. The van der Waals surface area contributed by atoms with Gasteiger partial charge in [0, 0.05) is 31.8 Å². The highest BCUT2D eigenvalue weighted by molar-refractivity contribution is 6.04. The predicted molar refractivity (Wildman–Crippen MR) is 78.9 cm³/mol. The zero-order chi connectivity index (χ0) is 15.1. The molecule has 1 atom stereocenters. The lowest BCUT2D eigenvalue weighted by Crippen LogP contribution is -2.32. The number of carbonyl (C=O) groups is 1. The standard InChI is InChI=1S/C15H29NO3/c1-11(2)13(16-12(3)9-18-6)8-14(17)15(4,5)10-19-7/h11-12H,8-10H2,1-7H3/b16-13-. The Balaban J connectivity index is 4.81. The molecule has 0 heterocycles. The molecular formula is C15H29NO3. The Hall–Kier alpha value is -0.740. The molecule has 0 amide bonds. The summed E-state index contributed by atoms with van der Waals surface area (Å²) >= 11 is 0. The molecule has 4 heteroatoms. The lowest BCUT2D eigenvalue weighted by Gasteiger charge is -2.23. The Labute approximate surface area is 117 Å². The van der Waals surface area contributed by atoms with Gasteiger partial charge in [-0.05, 0) is 12.8 Å². The van der Waals surface area contributed by atoms with Crippen LogP contribution in [0.25, 0.3) is 0 Å². The fourth-order valence-corrected chi connectivity index (χ4v) is 1.81. The van der Waals surface area contributed by atoms with Gasteiger partial charge >= 0.3 is 0 Å². The molecule has 0 aromatic heterocycles. The maximum Gasteiger partial charge on any atom is 0.146 e. The van der Waals surface area contributed by atoms with Crippen molar-refractivity contribution in [3.8, 4) is 0 Å². The Morgan fingerprint density at radius 2 is 1.74 bits per heavy atom. The third-order valence-electron chi connectivity index (χ3n) is 3.06. The van der Waals surface area contributed by atoms with E-state index in [2.05, 4.69) is 18.8 Å². The van der Waals surface area contributed by atoms with E-state index in [4.69, 9.17) is 9.47 Å². The molecule has 0 aliphatic heterocycles. The first-order valence-electron chi connectivity index (χ1n) is 6.82. The SMILES string of the molecule is COCC(C)/N=C(/CC(=O)C(C)(C)COC)C(C)C. The van der Waals surface area contributed by atoms with Crippen LogP contribution in [0.5, 0.6) is 0 Å². The van der Waals surface area contributed by atoms with Crippen molar-refractivity contribution < 1.29 is 14.3 Å². The lowest BCUT2D eigenvalue weighted by atomic mass is 9.84. The van der Waals surface area contributed by atoms with E-state index in [1.165, 1.54) is 0 Å². The quantitative estimate of drug-likeness (QED) is 0.606. The minimum absolute atomic E-state index is 0.0840. The summed E-state index contributed by atoms with van der Waals surface area (Å²) in [7, 11) is 3.28. The van der Waals surface area contributed by atoms with E-state index in [1.807, 2.05) is 20.8 Å². The van der Waals surface area contributed by atoms with Gasteiger partial charge in [-0.15, -0.1) is 0 Å². The lowest BCUT2D eigenvalue weighted by molar-refractivity contribution is -0.128. The first-order valence-corrected chi connectivity index (χ1v) is 6.82. The number of ether oxygens (including phenoxy) is 2.